The lowest BCUT2D eigenvalue weighted by Gasteiger charge is -2.09. The average molecular weight is 269 g/mol. The summed E-state index contributed by atoms with van der Waals surface area (Å²) in [7, 11) is 3.24. The van der Waals surface area contributed by atoms with Crippen LogP contribution in [0.2, 0.25) is 5.15 Å². The van der Waals surface area contributed by atoms with E-state index in [1.807, 2.05) is 0 Å². The van der Waals surface area contributed by atoms with Crippen molar-refractivity contribution in [1.82, 2.24) is 14.5 Å². The normalized spacial score (nSPS) is 10.8. The van der Waals surface area contributed by atoms with Gasteiger partial charge in [-0.2, -0.15) is 0 Å². The van der Waals surface area contributed by atoms with Crippen molar-refractivity contribution in [2.45, 2.75) is 0 Å². The van der Waals surface area contributed by atoms with Crippen LogP contribution in [0.4, 0.5) is 5.82 Å². The van der Waals surface area contributed by atoms with Crippen LogP contribution in [0.1, 0.15) is 0 Å². The second-order valence-corrected chi connectivity index (χ2v) is 4.16. The predicted octanol–water partition coefficient (Wildman–Crippen LogP) is 1.04. The van der Waals surface area contributed by atoms with Crippen molar-refractivity contribution < 1.29 is 4.74 Å². The molecule has 2 aromatic heterocycles. The number of anilines is 1. The molecule has 2 rings (SSSR count). The molecule has 0 spiro atoms. The number of aromatic nitrogens is 3. The van der Waals surface area contributed by atoms with Gasteiger partial charge in [-0.05, 0) is 0 Å². The molecule has 0 fully saturated rings. The number of rotatable bonds is 4. The summed E-state index contributed by atoms with van der Waals surface area (Å²) in [6, 6.07) is 1.57. The number of ether oxygens (including phenoxy) is 1. The highest BCUT2D eigenvalue weighted by molar-refractivity contribution is 6.30. The van der Waals surface area contributed by atoms with Crippen molar-refractivity contribution >= 4 is 28.3 Å². The SMILES string of the molecule is COCCNc1nc(Cl)cc2ncn(C)c(=O)c12. The first-order valence-corrected chi connectivity index (χ1v) is 5.76. The Balaban J connectivity index is 2.55. The maximum atomic E-state index is 12.1. The zero-order valence-corrected chi connectivity index (χ0v) is 10.9. The molecule has 0 aliphatic carbocycles. The molecule has 0 saturated heterocycles. The average Bonchev–Trinajstić information content (AvgIpc) is 2.34. The van der Waals surface area contributed by atoms with E-state index < -0.39 is 0 Å². The third kappa shape index (κ3) is 2.44. The minimum absolute atomic E-state index is 0.163. The van der Waals surface area contributed by atoms with Gasteiger partial charge in [-0.15, -0.1) is 0 Å². The molecule has 2 heterocycles. The van der Waals surface area contributed by atoms with E-state index in [2.05, 4.69) is 15.3 Å². The zero-order valence-electron chi connectivity index (χ0n) is 10.1. The topological polar surface area (TPSA) is 69.0 Å². The third-order valence-electron chi connectivity index (χ3n) is 2.47. The van der Waals surface area contributed by atoms with Crippen molar-refractivity contribution in [3.8, 4) is 0 Å². The molecule has 0 aliphatic heterocycles. The van der Waals surface area contributed by atoms with Crippen molar-refractivity contribution in [2.75, 3.05) is 25.6 Å². The van der Waals surface area contributed by atoms with Gasteiger partial charge in [-0.25, -0.2) is 9.97 Å². The molecule has 18 heavy (non-hydrogen) atoms. The first kappa shape index (κ1) is 12.8. The van der Waals surface area contributed by atoms with Crippen LogP contribution in [-0.2, 0) is 11.8 Å². The Morgan fingerprint density at radius 2 is 2.33 bits per heavy atom. The highest BCUT2D eigenvalue weighted by atomic mass is 35.5. The molecule has 0 amide bonds. The summed E-state index contributed by atoms with van der Waals surface area (Å²) in [5.74, 6) is 0.434. The summed E-state index contributed by atoms with van der Waals surface area (Å²) in [6.45, 7) is 1.05. The molecule has 6 nitrogen and oxygen atoms in total. The van der Waals surface area contributed by atoms with Crippen LogP contribution in [-0.4, -0.2) is 34.8 Å². The molecule has 7 heteroatoms. The number of hydrogen-bond donors (Lipinski definition) is 1. The largest absolute Gasteiger partial charge is 0.383 e. The van der Waals surface area contributed by atoms with E-state index in [4.69, 9.17) is 16.3 Å². The van der Waals surface area contributed by atoms with Gasteiger partial charge in [-0.1, -0.05) is 11.6 Å². The van der Waals surface area contributed by atoms with Crippen LogP contribution < -0.4 is 10.9 Å². The summed E-state index contributed by atoms with van der Waals surface area (Å²) in [4.78, 5) is 20.3. The Morgan fingerprint density at radius 1 is 1.56 bits per heavy atom. The van der Waals surface area contributed by atoms with Gasteiger partial charge in [0.05, 0.1) is 18.5 Å². The molecule has 0 saturated carbocycles. The molecule has 1 N–H and O–H groups in total. The zero-order chi connectivity index (χ0) is 13.1. The van der Waals surface area contributed by atoms with E-state index >= 15 is 0 Å². The molecule has 96 valence electrons. The van der Waals surface area contributed by atoms with Gasteiger partial charge in [-0.3, -0.25) is 4.79 Å². The monoisotopic (exact) mass is 268 g/mol. The van der Waals surface area contributed by atoms with Gasteiger partial charge in [0.2, 0.25) is 0 Å². The lowest BCUT2D eigenvalue weighted by Crippen LogP contribution is -2.20. The standard InChI is InChI=1S/C11H13ClN4O2/c1-16-6-14-7-5-8(12)15-10(9(7)11(16)17)13-3-4-18-2/h5-6H,3-4H2,1-2H3,(H,13,15). The fourth-order valence-corrected chi connectivity index (χ4v) is 1.78. The van der Waals surface area contributed by atoms with E-state index in [1.54, 1.807) is 20.2 Å². The summed E-state index contributed by atoms with van der Waals surface area (Å²) >= 11 is 5.90. The van der Waals surface area contributed by atoms with Crippen molar-refractivity contribution in [1.29, 1.82) is 0 Å². The Morgan fingerprint density at radius 3 is 3.06 bits per heavy atom. The molecule has 0 aromatic carbocycles. The maximum absolute atomic E-state index is 12.1. The van der Waals surface area contributed by atoms with Crippen LogP contribution in [0, 0.1) is 0 Å². The number of hydrogen-bond acceptors (Lipinski definition) is 5. The Hall–Kier alpha value is -1.66. The fourth-order valence-electron chi connectivity index (χ4n) is 1.59. The van der Waals surface area contributed by atoms with Gasteiger partial charge >= 0.3 is 0 Å². The summed E-state index contributed by atoms with van der Waals surface area (Å²) in [5, 5.41) is 3.75. The number of nitrogens with zero attached hydrogens (tertiary/aromatic N) is 3. The summed E-state index contributed by atoms with van der Waals surface area (Å²) in [5.41, 5.74) is 0.363. The second kappa shape index (κ2) is 5.32. The van der Waals surface area contributed by atoms with Gasteiger partial charge in [0.25, 0.3) is 5.56 Å². The van der Waals surface area contributed by atoms with Crippen LogP contribution in [0.3, 0.4) is 0 Å². The molecular formula is C11H13ClN4O2. The van der Waals surface area contributed by atoms with E-state index in [9.17, 15) is 4.79 Å². The van der Waals surface area contributed by atoms with Gasteiger partial charge in [0.15, 0.2) is 0 Å². The Bertz CT molecular complexity index is 626. The predicted molar refractivity (Wildman–Crippen MR) is 70.2 cm³/mol. The summed E-state index contributed by atoms with van der Waals surface area (Å²) in [6.07, 6.45) is 1.46. The van der Waals surface area contributed by atoms with Crippen LogP contribution in [0.5, 0.6) is 0 Å². The molecule has 0 radical (unpaired) electrons. The molecule has 0 aliphatic rings. The molecule has 2 aromatic rings. The molecule has 0 atom stereocenters. The fraction of sp³-hybridized carbons (Fsp3) is 0.364. The third-order valence-corrected chi connectivity index (χ3v) is 2.66. The number of fused-ring (bicyclic) bond motifs is 1. The first-order chi connectivity index (χ1) is 8.63. The summed E-state index contributed by atoms with van der Waals surface area (Å²) < 4.78 is 6.34. The lowest BCUT2D eigenvalue weighted by atomic mass is 10.3. The number of nitrogens with one attached hydrogen (secondary N) is 1. The smallest absolute Gasteiger partial charge is 0.264 e. The van der Waals surface area contributed by atoms with Gasteiger partial charge < -0.3 is 14.6 Å². The number of methoxy groups -OCH3 is 1. The number of pyridine rings is 1. The maximum Gasteiger partial charge on any atom is 0.264 e. The first-order valence-electron chi connectivity index (χ1n) is 5.38. The number of aryl methyl sites for hydroxylation is 1. The quantitative estimate of drug-likeness (QED) is 0.663. The minimum Gasteiger partial charge on any atom is -0.383 e. The van der Waals surface area contributed by atoms with Crippen molar-refractivity contribution in [3.63, 3.8) is 0 Å². The highest BCUT2D eigenvalue weighted by Gasteiger charge is 2.10. The van der Waals surface area contributed by atoms with E-state index in [0.29, 0.717) is 35.0 Å². The Labute approximate surface area is 109 Å². The van der Waals surface area contributed by atoms with Gasteiger partial charge in [0, 0.05) is 26.8 Å². The van der Waals surface area contributed by atoms with Crippen LogP contribution in [0.15, 0.2) is 17.2 Å². The van der Waals surface area contributed by atoms with Crippen molar-refractivity contribution in [2.24, 2.45) is 7.05 Å². The molecule has 0 bridgehead atoms. The molecule has 0 unspecified atom stereocenters. The van der Waals surface area contributed by atoms with E-state index in [0.717, 1.165) is 0 Å². The second-order valence-electron chi connectivity index (χ2n) is 3.77. The van der Waals surface area contributed by atoms with Gasteiger partial charge in [0.1, 0.15) is 16.4 Å². The minimum atomic E-state index is -0.163. The van der Waals surface area contributed by atoms with E-state index in [-0.39, 0.29) is 5.56 Å². The molecular weight excluding hydrogens is 256 g/mol. The lowest BCUT2D eigenvalue weighted by molar-refractivity contribution is 0.210. The Kier molecular flexibility index (Phi) is 3.78. The van der Waals surface area contributed by atoms with Crippen LogP contribution in [0.25, 0.3) is 10.9 Å². The van der Waals surface area contributed by atoms with Crippen molar-refractivity contribution in [3.05, 3.63) is 27.9 Å². The van der Waals surface area contributed by atoms with Crippen LogP contribution >= 0.6 is 11.6 Å². The highest BCUT2D eigenvalue weighted by Crippen LogP contribution is 2.19. The number of halogens is 1. The van der Waals surface area contributed by atoms with E-state index in [1.165, 1.54) is 10.9 Å².